The van der Waals surface area contributed by atoms with E-state index in [0.29, 0.717) is 46.4 Å². The topological polar surface area (TPSA) is 107 Å². The summed E-state index contributed by atoms with van der Waals surface area (Å²) >= 11 is 0. The van der Waals surface area contributed by atoms with E-state index in [4.69, 9.17) is 9.47 Å². The lowest BCUT2D eigenvalue weighted by Crippen LogP contribution is -2.31. The number of anilines is 2. The first-order chi connectivity index (χ1) is 18.0. The molecule has 2 heterocycles. The van der Waals surface area contributed by atoms with Gasteiger partial charge < -0.3 is 20.1 Å². The molecule has 0 bridgehead atoms. The highest BCUT2D eigenvalue weighted by Crippen LogP contribution is 2.39. The molecule has 0 aliphatic carbocycles. The molecule has 4 aromatic rings. The molecular weight excluding hydrogens is 470 g/mol. The summed E-state index contributed by atoms with van der Waals surface area (Å²) < 4.78 is 13.1. The normalized spacial score (nSPS) is 14.4. The molecule has 186 valence electrons. The molecule has 2 N–H and O–H groups in total. The molecule has 1 aliphatic heterocycles. The first kappa shape index (κ1) is 23.8. The molecular formula is C28H25N5O4. The number of carbonyl (C=O) groups is 2. The Morgan fingerprint density at radius 1 is 1.00 bits per heavy atom. The fourth-order valence-corrected chi connectivity index (χ4v) is 4.19. The van der Waals surface area contributed by atoms with Crippen LogP contribution < -0.4 is 20.1 Å². The van der Waals surface area contributed by atoms with Gasteiger partial charge in [0.05, 0.1) is 17.7 Å². The number of amides is 1. The third-order valence-corrected chi connectivity index (χ3v) is 5.87. The van der Waals surface area contributed by atoms with Crippen LogP contribution in [-0.4, -0.2) is 33.2 Å². The van der Waals surface area contributed by atoms with E-state index in [1.807, 2.05) is 50.2 Å². The van der Waals surface area contributed by atoms with E-state index in [0.717, 1.165) is 0 Å². The number of nitrogens with one attached hydrogen (secondary N) is 2. The quantitative estimate of drug-likeness (QED) is 0.279. The molecule has 9 heteroatoms. The van der Waals surface area contributed by atoms with E-state index in [2.05, 4.69) is 20.7 Å². The SMILES string of the molecule is CCOc1cc([C@H]2C(C(=O)Nc3ccccc3)=C(C)Nc3ncnn32)ccc1OC(=O)c1ccccc1. The molecule has 1 atom stereocenters. The van der Waals surface area contributed by atoms with Crippen LogP contribution in [0.25, 0.3) is 0 Å². The predicted molar refractivity (Wildman–Crippen MR) is 139 cm³/mol. The van der Waals surface area contributed by atoms with Crippen LogP contribution in [0.2, 0.25) is 0 Å². The highest BCUT2D eigenvalue weighted by atomic mass is 16.6. The molecule has 0 saturated carbocycles. The summed E-state index contributed by atoms with van der Waals surface area (Å²) in [5.41, 5.74) is 2.94. The van der Waals surface area contributed by atoms with Gasteiger partial charge >= 0.3 is 5.97 Å². The van der Waals surface area contributed by atoms with E-state index in [1.165, 1.54) is 6.33 Å². The minimum atomic E-state index is -0.597. The first-order valence-electron chi connectivity index (χ1n) is 11.8. The van der Waals surface area contributed by atoms with Crippen molar-refractivity contribution in [2.24, 2.45) is 0 Å². The van der Waals surface area contributed by atoms with E-state index >= 15 is 0 Å². The van der Waals surface area contributed by atoms with Gasteiger partial charge in [0.25, 0.3) is 5.91 Å². The van der Waals surface area contributed by atoms with E-state index < -0.39 is 12.0 Å². The maximum absolute atomic E-state index is 13.5. The fourth-order valence-electron chi connectivity index (χ4n) is 4.19. The molecule has 9 nitrogen and oxygen atoms in total. The minimum absolute atomic E-state index is 0.278. The number of esters is 1. The summed E-state index contributed by atoms with van der Waals surface area (Å²) in [5, 5.41) is 10.5. The maximum atomic E-state index is 13.5. The Labute approximate surface area is 213 Å². The molecule has 5 rings (SSSR count). The summed E-state index contributed by atoms with van der Waals surface area (Å²) in [6.45, 7) is 4.03. The number of rotatable bonds is 7. The number of carbonyl (C=O) groups excluding carboxylic acids is 2. The Morgan fingerprint density at radius 3 is 2.46 bits per heavy atom. The van der Waals surface area contributed by atoms with Crippen LogP contribution in [0.15, 0.2) is 96.5 Å². The van der Waals surface area contributed by atoms with Crippen LogP contribution in [0.3, 0.4) is 0 Å². The number of fused-ring (bicyclic) bond motifs is 1. The Kier molecular flexibility index (Phi) is 6.67. The number of allylic oxidation sites excluding steroid dienone is 1. The van der Waals surface area contributed by atoms with E-state index in [-0.39, 0.29) is 11.7 Å². The van der Waals surface area contributed by atoms with Gasteiger partial charge in [-0.3, -0.25) is 4.79 Å². The van der Waals surface area contributed by atoms with Crippen molar-refractivity contribution in [1.29, 1.82) is 0 Å². The number of hydrogen-bond acceptors (Lipinski definition) is 7. The highest BCUT2D eigenvalue weighted by molar-refractivity contribution is 6.06. The lowest BCUT2D eigenvalue weighted by Gasteiger charge is -2.29. The molecule has 0 unspecified atom stereocenters. The maximum Gasteiger partial charge on any atom is 0.343 e. The van der Waals surface area contributed by atoms with Gasteiger partial charge in [-0.2, -0.15) is 10.1 Å². The fraction of sp³-hybridized carbons (Fsp3) is 0.143. The molecule has 1 aliphatic rings. The minimum Gasteiger partial charge on any atom is -0.490 e. The van der Waals surface area contributed by atoms with Gasteiger partial charge in [0.15, 0.2) is 11.5 Å². The summed E-state index contributed by atoms with van der Waals surface area (Å²) in [6.07, 6.45) is 1.43. The zero-order valence-electron chi connectivity index (χ0n) is 20.3. The number of ether oxygens (including phenoxy) is 2. The second kappa shape index (κ2) is 10.4. The van der Waals surface area contributed by atoms with Crippen molar-refractivity contribution in [1.82, 2.24) is 14.8 Å². The van der Waals surface area contributed by atoms with Crippen molar-refractivity contribution in [2.75, 3.05) is 17.2 Å². The van der Waals surface area contributed by atoms with Crippen LogP contribution >= 0.6 is 0 Å². The largest absolute Gasteiger partial charge is 0.490 e. The van der Waals surface area contributed by atoms with Crippen LogP contribution in [0.5, 0.6) is 11.5 Å². The zero-order valence-corrected chi connectivity index (χ0v) is 20.3. The Hall–Kier alpha value is -4.92. The van der Waals surface area contributed by atoms with Crippen molar-refractivity contribution in [3.63, 3.8) is 0 Å². The molecule has 3 aromatic carbocycles. The Balaban J connectivity index is 1.52. The second-order valence-corrected chi connectivity index (χ2v) is 8.31. The van der Waals surface area contributed by atoms with Gasteiger partial charge in [0.1, 0.15) is 12.4 Å². The summed E-state index contributed by atoms with van der Waals surface area (Å²) in [7, 11) is 0. The second-order valence-electron chi connectivity index (χ2n) is 8.31. The molecule has 0 spiro atoms. The molecule has 0 fully saturated rings. The number of hydrogen-bond donors (Lipinski definition) is 2. The standard InChI is InChI=1S/C28H25N5O4/c1-3-36-23-16-20(14-15-22(23)37-27(35)19-10-6-4-7-11-19)25-24(18(2)31-28-29-17-30-33(25)28)26(34)32-21-12-8-5-9-13-21/h4-17,25H,3H2,1-2H3,(H,32,34)(H,29,30,31)/t25-/m0/s1. The van der Waals surface area contributed by atoms with Gasteiger partial charge in [-0.1, -0.05) is 42.5 Å². The lowest BCUT2D eigenvalue weighted by molar-refractivity contribution is -0.113. The molecule has 1 amide bonds. The van der Waals surface area contributed by atoms with Crippen molar-refractivity contribution in [2.45, 2.75) is 19.9 Å². The molecule has 0 radical (unpaired) electrons. The van der Waals surface area contributed by atoms with Crippen LogP contribution in [0.1, 0.15) is 35.8 Å². The van der Waals surface area contributed by atoms with E-state index in [1.54, 1.807) is 47.1 Å². The van der Waals surface area contributed by atoms with Gasteiger partial charge in [-0.25, -0.2) is 9.48 Å². The smallest absolute Gasteiger partial charge is 0.343 e. The number of aromatic nitrogens is 3. The van der Waals surface area contributed by atoms with Crippen molar-refractivity contribution < 1.29 is 19.1 Å². The predicted octanol–water partition coefficient (Wildman–Crippen LogP) is 4.82. The van der Waals surface area contributed by atoms with Crippen molar-refractivity contribution in [3.05, 3.63) is 108 Å². The molecule has 1 aromatic heterocycles. The van der Waals surface area contributed by atoms with E-state index in [9.17, 15) is 9.59 Å². The average molecular weight is 496 g/mol. The highest BCUT2D eigenvalue weighted by Gasteiger charge is 2.34. The molecule has 37 heavy (non-hydrogen) atoms. The lowest BCUT2D eigenvalue weighted by atomic mass is 9.94. The number of benzene rings is 3. The Bertz CT molecular complexity index is 1460. The van der Waals surface area contributed by atoms with Crippen molar-refractivity contribution >= 4 is 23.5 Å². The monoisotopic (exact) mass is 495 g/mol. The van der Waals surface area contributed by atoms with Gasteiger partial charge in [0.2, 0.25) is 5.95 Å². The summed E-state index contributed by atoms with van der Waals surface area (Å²) in [5.74, 6) is 0.401. The third-order valence-electron chi connectivity index (χ3n) is 5.87. The average Bonchev–Trinajstić information content (AvgIpc) is 3.38. The first-order valence-corrected chi connectivity index (χ1v) is 11.8. The third kappa shape index (κ3) is 4.92. The summed E-state index contributed by atoms with van der Waals surface area (Å²) in [4.78, 5) is 30.5. The molecule has 0 saturated heterocycles. The number of para-hydroxylation sites is 1. The zero-order chi connectivity index (χ0) is 25.8. The van der Waals surface area contributed by atoms with Crippen molar-refractivity contribution in [3.8, 4) is 11.5 Å². The van der Waals surface area contributed by atoms with Crippen LogP contribution in [0, 0.1) is 0 Å². The van der Waals surface area contributed by atoms with Gasteiger partial charge in [0, 0.05) is 11.4 Å². The van der Waals surface area contributed by atoms with Gasteiger partial charge in [-0.15, -0.1) is 0 Å². The number of nitrogens with zero attached hydrogens (tertiary/aromatic N) is 3. The Morgan fingerprint density at radius 2 is 1.73 bits per heavy atom. The van der Waals surface area contributed by atoms with Crippen LogP contribution in [-0.2, 0) is 4.79 Å². The van der Waals surface area contributed by atoms with Crippen LogP contribution in [0.4, 0.5) is 11.6 Å². The van der Waals surface area contributed by atoms with Gasteiger partial charge in [-0.05, 0) is 55.8 Å². The summed E-state index contributed by atoms with van der Waals surface area (Å²) in [6, 6.07) is 22.6.